The highest BCUT2D eigenvalue weighted by atomic mass is 16.6. The molecule has 0 bridgehead atoms. The van der Waals surface area contributed by atoms with E-state index in [2.05, 4.69) is 10.5 Å². The zero-order valence-electron chi connectivity index (χ0n) is 16.3. The molecule has 0 aliphatic carbocycles. The van der Waals surface area contributed by atoms with Crippen LogP contribution in [0.5, 0.6) is 0 Å². The fourth-order valence-corrected chi connectivity index (χ4v) is 2.85. The average Bonchev–Trinajstić information content (AvgIpc) is 2.79. The maximum atomic E-state index is 12.2. The second kappa shape index (κ2) is 10.5. The second-order valence-electron chi connectivity index (χ2n) is 6.53. The lowest BCUT2D eigenvalue weighted by Crippen LogP contribution is -2.19. The van der Waals surface area contributed by atoms with Crippen LogP contribution in [0, 0.1) is 10.1 Å². The number of amides is 1. The minimum Gasteiger partial charge on any atom is -0.273 e. The number of aryl methyl sites for hydroxylation is 1. The quantitative estimate of drug-likeness (QED) is 0.337. The fraction of sp³-hybridized carbons (Fsp3) is 0.0833. The van der Waals surface area contributed by atoms with Gasteiger partial charge in [-0.15, -0.1) is 0 Å². The van der Waals surface area contributed by atoms with Gasteiger partial charge in [0.05, 0.1) is 16.2 Å². The van der Waals surface area contributed by atoms with Gasteiger partial charge < -0.3 is 0 Å². The molecule has 1 amide bonds. The molecule has 0 saturated heterocycles. The van der Waals surface area contributed by atoms with Crippen molar-refractivity contribution in [3.63, 3.8) is 0 Å². The van der Waals surface area contributed by atoms with E-state index in [9.17, 15) is 14.9 Å². The molecule has 0 spiro atoms. The van der Waals surface area contributed by atoms with Gasteiger partial charge in [0.2, 0.25) is 5.91 Å². The van der Waals surface area contributed by atoms with Gasteiger partial charge in [0.1, 0.15) is 0 Å². The van der Waals surface area contributed by atoms with Crippen LogP contribution in [0.1, 0.15) is 23.1 Å². The number of para-hydroxylation sites is 1. The minimum absolute atomic E-state index is 0.00746. The molecule has 0 saturated carbocycles. The number of nitrogens with zero attached hydrogens (tertiary/aromatic N) is 2. The zero-order valence-corrected chi connectivity index (χ0v) is 16.3. The number of nitro benzene ring substituents is 1. The Morgan fingerprint density at radius 2 is 1.57 bits per heavy atom. The fourth-order valence-electron chi connectivity index (χ4n) is 2.85. The molecule has 3 rings (SSSR count). The summed E-state index contributed by atoms with van der Waals surface area (Å²) in [5.41, 5.74) is 5.43. The number of rotatable bonds is 8. The minimum atomic E-state index is -0.426. The number of hydrogen-bond donors (Lipinski definition) is 1. The number of hydrogen-bond acceptors (Lipinski definition) is 4. The molecule has 0 atom stereocenters. The molecule has 0 aliphatic heterocycles. The van der Waals surface area contributed by atoms with Crippen molar-refractivity contribution in [3.8, 4) is 0 Å². The molecular weight excluding hydrogens is 378 g/mol. The van der Waals surface area contributed by atoms with Gasteiger partial charge in [0, 0.05) is 18.1 Å². The van der Waals surface area contributed by atoms with E-state index in [-0.39, 0.29) is 11.6 Å². The van der Waals surface area contributed by atoms with Crippen LogP contribution >= 0.6 is 0 Å². The SMILES string of the molecule is O=C(CCc1ccccc1)N/N=C(\C=C\c1ccccc1[N+](=O)[O-])c1ccccc1. The summed E-state index contributed by atoms with van der Waals surface area (Å²) in [7, 11) is 0. The van der Waals surface area contributed by atoms with E-state index in [1.54, 1.807) is 30.4 Å². The molecule has 0 aliphatic rings. The smallest absolute Gasteiger partial charge is 0.273 e. The highest BCUT2D eigenvalue weighted by molar-refractivity contribution is 6.11. The largest absolute Gasteiger partial charge is 0.276 e. The van der Waals surface area contributed by atoms with Gasteiger partial charge in [-0.1, -0.05) is 72.8 Å². The second-order valence-corrected chi connectivity index (χ2v) is 6.53. The number of hydrazone groups is 1. The molecule has 0 heterocycles. The Morgan fingerprint density at radius 1 is 0.933 bits per heavy atom. The monoisotopic (exact) mass is 399 g/mol. The highest BCUT2D eigenvalue weighted by Crippen LogP contribution is 2.19. The third kappa shape index (κ3) is 5.97. The van der Waals surface area contributed by atoms with Crippen LogP contribution in [0.25, 0.3) is 6.08 Å². The van der Waals surface area contributed by atoms with Gasteiger partial charge in [0.25, 0.3) is 5.69 Å². The Balaban J connectivity index is 1.76. The number of benzene rings is 3. The third-order valence-electron chi connectivity index (χ3n) is 4.41. The summed E-state index contributed by atoms with van der Waals surface area (Å²) in [6.07, 6.45) is 4.22. The van der Waals surface area contributed by atoms with Crippen molar-refractivity contribution in [2.24, 2.45) is 5.10 Å². The molecule has 0 radical (unpaired) electrons. The Morgan fingerprint density at radius 3 is 2.27 bits per heavy atom. The lowest BCUT2D eigenvalue weighted by atomic mass is 10.1. The Kier molecular flexibility index (Phi) is 7.22. The van der Waals surface area contributed by atoms with Crippen LogP contribution in [-0.4, -0.2) is 16.5 Å². The van der Waals surface area contributed by atoms with Gasteiger partial charge in [-0.3, -0.25) is 14.9 Å². The van der Waals surface area contributed by atoms with Crippen molar-refractivity contribution in [3.05, 3.63) is 118 Å². The van der Waals surface area contributed by atoms with E-state index in [4.69, 9.17) is 0 Å². The normalized spacial score (nSPS) is 11.4. The van der Waals surface area contributed by atoms with Crippen LogP contribution in [0.15, 0.2) is 96.1 Å². The number of allylic oxidation sites excluding steroid dienone is 1. The van der Waals surface area contributed by atoms with E-state index in [0.717, 1.165) is 11.1 Å². The first-order valence-electron chi connectivity index (χ1n) is 9.51. The molecule has 3 aromatic carbocycles. The summed E-state index contributed by atoms with van der Waals surface area (Å²) >= 11 is 0. The van der Waals surface area contributed by atoms with Gasteiger partial charge in [-0.2, -0.15) is 5.10 Å². The zero-order chi connectivity index (χ0) is 21.2. The van der Waals surface area contributed by atoms with E-state index < -0.39 is 4.92 Å². The van der Waals surface area contributed by atoms with Crippen molar-refractivity contribution < 1.29 is 9.72 Å². The van der Waals surface area contributed by atoms with Gasteiger partial charge in [-0.25, -0.2) is 5.43 Å². The van der Waals surface area contributed by atoms with Crippen LogP contribution in [0.2, 0.25) is 0 Å². The Hall–Kier alpha value is -4.06. The summed E-state index contributed by atoms with van der Waals surface area (Å²) in [6.45, 7) is 0. The first-order valence-corrected chi connectivity index (χ1v) is 9.51. The molecular formula is C24H21N3O3. The van der Waals surface area contributed by atoms with Crippen molar-refractivity contribution in [2.45, 2.75) is 12.8 Å². The van der Waals surface area contributed by atoms with Crippen molar-refractivity contribution in [1.29, 1.82) is 0 Å². The van der Waals surface area contributed by atoms with Gasteiger partial charge in [0.15, 0.2) is 0 Å². The van der Waals surface area contributed by atoms with Gasteiger partial charge >= 0.3 is 0 Å². The predicted octanol–water partition coefficient (Wildman–Crippen LogP) is 4.76. The molecule has 30 heavy (non-hydrogen) atoms. The lowest BCUT2D eigenvalue weighted by molar-refractivity contribution is -0.385. The van der Waals surface area contributed by atoms with Crippen molar-refractivity contribution in [1.82, 2.24) is 5.43 Å². The van der Waals surface area contributed by atoms with Crippen molar-refractivity contribution >= 4 is 23.4 Å². The topological polar surface area (TPSA) is 84.6 Å². The van der Waals surface area contributed by atoms with Crippen LogP contribution in [0.4, 0.5) is 5.69 Å². The summed E-state index contributed by atoms with van der Waals surface area (Å²) in [5, 5.41) is 15.5. The van der Waals surface area contributed by atoms with Crippen LogP contribution in [0.3, 0.4) is 0 Å². The maximum absolute atomic E-state index is 12.2. The molecule has 0 aromatic heterocycles. The molecule has 1 N–H and O–H groups in total. The number of carbonyl (C=O) groups is 1. The van der Waals surface area contributed by atoms with Gasteiger partial charge in [-0.05, 0) is 30.2 Å². The van der Waals surface area contributed by atoms with Crippen LogP contribution in [-0.2, 0) is 11.2 Å². The first-order chi connectivity index (χ1) is 14.6. The summed E-state index contributed by atoms with van der Waals surface area (Å²) in [5.74, 6) is -0.202. The molecule has 0 unspecified atom stereocenters. The van der Waals surface area contributed by atoms with E-state index in [1.165, 1.54) is 6.07 Å². The molecule has 6 heteroatoms. The third-order valence-corrected chi connectivity index (χ3v) is 4.41. The van der Waals surface area contributed by atoms with E-state index in [1.807, 2.05) is 60.7 Å². The standard InChI is InChI=1S/C24H21N3O3/c28-24(18-15-19-9-3-1-4-10-19)26-25-22(20-11-5-2-6-12-20)17-16-21-13-7-8-14-23(21)27(29)30/h1-14,16-17H,15,18H2,(H,26,28)/b17-16+,25-22+. The molecule has 6 nitrogen and oxygen atoms in total. The summed E-state index contributed by atoms with van der Waals surface area (Å²) in [6, 6.07) is 25.5. The number of carbonyl (C=O) groups excluding carboxylic acids is 1. The molecule has 150 valence electrons. The van der Waals surface area contributed by atoms with Crippen molar-refractivity contribution in [2.75, 3.05) is 0 Å². The summed E-state index contributed by atoms with van der Waals surface area (Å²) in [4.78, 5) is 23.0. The Bertz CT molecular complexity index is 1060. The maximum Gasteiger partial charge on any atom is 0.276 e. The highest BCUT2D eigenvalue weighted by Gasteiger charge is 2.10. The Labute approximate surface area is 174 Å². The first kappa shape index (κ1) is 20.7. The van der Waals surface area contributed by atoms with E-state index >= 15 is 0 Å². The molecule has 0 fully saturated rings. The van der Waals surface area contributed by atoms with Crippen LogP contribution < -0.4 is 5.43 Å². The average molecular weight is 399 g/mol. The predicted molar refractivity (Wildman–Crippen MR) is 118 cm³/mol. The number of nitro groups is 1. The number of nitrogens with one attached hydrogen (secondary N) is 1. The molecule has 3 aromatic rings. The lowest BCUT2D eigenvalue weighted by Gasteiger charge is -2.05. The van der Waals surface area contributed by atoms with E-state index in [0.29, 0.717) is 24.1 Å². The summed E-state index contributed by atoms with van der Waals surface area (Å²) < 4.78 is 0.